The number of carbonyl (C=O) groups excluding carboxylic acids is 2. The predicted octanol–water partition coefficient (Wildman–Crippen LogP) is 5.94. The van der Waals surface area contributed by atoms with Crippen LogP contribution in [0, 0.1) is 0 Å². The number of carbonyl (C=O) groups is 2. The van der Waals surface area contributed by atoms with E-state index in [0.717, 1.165) is 42.8 Å². The standard InChI is InChI=1S/C41H50N4O6S2/c42-40(46)36-25-7-9-29-44(36)52(48,49)38-27-13-24-35-34(38)23-14-28-39(35)53(50,51)45-30-10-8-26-37(45)41(47)43-33(21-11-19-31-15-3-1-4-16-31)22-12-20-32-17-5-2-6-18-32/h1-6,13-18,23-24,27-28,33,36-37H,7-12,19-22,25-26,29-30H2,(H2,42,46)(H,43,47). The highest BCUT2D eigenvalue weighted by molar-refractivity contribution is 7.90. The normalized spacial score (nSPS) is 19.0. The predicted molar refractivity (Wildman–Crippen MR) is 207 cm³/mol. The zero-order valence-corrected chi connectivity index (χ0v) is 31.7. The third-order valence-corrected chi connectivity index (χ3v) is 14.6. The van der Waals surface area contributed by atoms with Crippen LogP contribution in [0.4, 0.5) is 0 Å². The zero-order valence-electron chi connectivity index (χ0n) is 30.1. The lowest BCUT2D eigenvalue weighted by Crippen LogP contribution is -2.53. The minimum Gasteiger partial charge on any atom is -0.368 e. The Morgan fingerprint density at radius 3 is 1.55 bits per heavy atom. The van der Waals surface area contributed by atoms with Gasteiger partial charge in [0.05, 0.1) is 9.79 Å². The van der Waals surface area contributed by atoms with E-state index in [1.807, 2.05) is 36.4 Å². The van der Waals surface area contributed by atoms with Gasteiger partial charge in [0.2, 0.25) is 31.9 Å². The van der Waals surface area contributed by atoms with Gasteiger partial charge in [0.25, 0.3) is 0 Å². The molecule has 3 N–H and O–H groups in total. The number of nitrogens with zero attached hydrogens (tertiary/aromatic N) is 2. The van der Waals surface area contributed by atoms with E-state index in [1.165, 1.54) is 39.7 Å². The summed E-state index contributed by atoms with van der Waals surface area (Å²) in [5.74, 6) is -1.01. The van der Waals surface area contributed by atoms with Gasteiger partial charge >= 0.3 is 0 Å². The Kier molecular flexibility index (Phi) is 12.7. The van der Waals surface area contributed by atoms with Crippen molar-refractivity contribution in [3.8, 4) is 0 Å². The van der Waals surface area contributed by atoms with Crippen LogP contribution in [0.5, 0.6) is 0 Å². The maximum Gasteiger partial charge on any atom is 0.244 e. The van der Waals surface area contributed by atoms with Gasteiger partial charge in [-0.05, 0) is 87.5 Å². The van der Waals surface area contributed by atoms with Crippen LogP contribution in [0.15, 0.2) is 107 Å². The molecular weight excluding hydrogens is 709 g/mol. The summed E-state index contributed by atoms with van der Waals surface area (Å²) in [7, 11) is -8.44. The van der Waals surface area contributed by atoms with Crippen molar-refractivity contribution in [3.05, 3.63) is 108 Å². The number of primary amides is 1. The first-order valence-electron chi connectivity index (χ1n) is 18.8. The van der Waals surface area contributed by atoms with Crippen molar-refractivity contribution in [3.63, 3.8) is 0 Å². The molecule has 2 aliphatic rings. The molecule has 10 nitrogen and oxygen atoms in total. The van der Waals surface area contributed by atoms with Crippen molar-refractivity contribution in [2.24, 2.45) is 5.73 Å². The molecule has 2 unspecified atom stereocenters. The van der Waals surface area contributed by atoms with Gasteiger partial charge in [0.1, 0.15) is 12.1 Å². The number of rotatable bonds is 15. The average Bonchev–Trinajstić information content (AvgIpc) is 3.18. The highest BCUT2D eigenvalue weighted by Gasteiger charge is 2.40. The van der Waals surface area contributed by atoms with E-state index in [9.17, 15) is 26.4 Å². The van der Waals surface area contributed by atoms with Crippen molar-refractivity contribution in [1.82, 2.24) is 13.9 Å². The summed E-state index contributed by atoms with van der Waals surface area (Å²) in [4.78, 5) is 26.2. The van der Waals surface area contributed by atoms with Crippen molar-refractivity contribution in [2.45, 2.75) is 105 Å². The summed E-state index contributed by atoms with van der Waals surface area (Å²) in [6, 6.07) is 27.7. The summed E-state index contributed by atoms with van der Waals surface area (Å²) < 4.78 is 59.7. The first kappa shape index (κ1) is 38.6. The molecule has 0 bridgehead atoms. The van der Waals surface area contributed by atoms with E-state index < -0.39 is 38.0 Å². The van der Waals surface area contributed by atoms with E-state index in [-0.39, 0.29) is 45.6 Å². The Balaban J connectivity index is 1.24. The number of sulfonamides is 2. The Bertz CT molecular complexity index is 2050. The number of piperidine rings is 2. The molecule has 12 heteroatoms. The molecule has 2 fully saturated rings. The molecule has 2 aliphatic heterocycles. The molecule has 2 saturated heterocycles. The molecule has 0 saturated carbocycles. The second kappa shape index (κ2) is 17.4. The second-order valence-electron chi connectivity index (χ2n) is 14.2. The summed E-state index contributed by atoms with van der Waals surface area (Å²) in [5.41, 5.74) is 8.08. The van der Waals surface area contributed by atoms with Crippen molar-refractivity contribution in [1.29, 1.82) is 0 Å². The van der Waals surface area contributed by atoms with Gasteiger partial charge in [-0.2, -0.15) is 8.61 Å². The van der Waals surface area contributed by atoms with E-state index in [2.05, 4.69) is 29.6 Å². The van der Waals surface area contributed by atoms with Gasteiger partial charge < -0.3 is 11.1 Å². The number of aryl methyl sites for hydroxylation is 2. The van der Waals surface area contributed by atoms with Crippen LogP contribution in [0.1, 0.15) is 75.3 Å². The molecule has 2 amide bonds. The molecule has 53 heavy (non-hydrogen) atoms. The quantitative estimate of drug-likeness (QED) is 0.153. The third kappa shape index (κ3) is 9.00. The van der Waals surface area contributed by atoms with Crippen molar-refractivity contribution < 1.29 is 26.4 Å². The smallest absolute Gasteiger partial charge is 0.244 e. The van der Waals surface area contributed by atoms with Gasteiger partial charge in [-0.25, -0.2) is 16.8 Å². The van der Waals surface area contributed by atoms with Gasteiger partial charge in [-0.3, -0.25) is 9.59 Å². The zero-order chi connectivity index (χ0) is 37.4. The van der Waals surface area contributed by atoms with Crippen LogP contribution in [-0.4, -0.2) is 68.5 Å². The van der Waals surface area contributed by atoms with Crippen LogP contribution in [0.2, 0.25) is 0 Å². The number of hydrogen-bond acceptors (Lipinski definition) is 6. The fourth-order valence-corrected chi connectivity index (χ4v) is 11.6. The monoisotopic (exact) mass is 758 g/mol. The fourth-order valence-electron chi connectivity index (χ4n) is 7.87. The van der Waals surface area contributed by atoms with Crippen LogP contribution in [0.25, 0.3) is 10.8 Å². The number of benzene rings is 4. The van der Waals surface area contributed by atoms with Crippen LogP contribution < -0.4 is 11.1 Å². The summed E-state index contributed by atoms with van der Waals surface area (Å²) in [6.45, 7) is 0.323. The van der Waals surface area contributed by atoms with Crippen LogP contribution in [-0.2, 0) is 42.5 Å². The van der Waals surface area contributed by atoms with Gasteiger partial charge in [0.15, 0.2) is 0 Å². The van der Waals surface area contributed by atoms with Gasteiger partial charge in [-0.15, -0.1) is 0 Å². The average molecular weight is 759 g/mol. The first-order chi connectivity index (χ1) is 25.6. The van der Waals surface area contributed by atoms with E-state index in [1.54, 1.807) is 12.1 Å². The third-order valence-electron chi connectivity index (χ3n) is 10.6. The molecule has 2 heterocycles. The van der Waals surface area contributed by atoms with Crippen LogP contribution >= 0.6 is 0 Å². The topological polar surface area (TPSA) is 147 Å². The number of nitrogens with two attached hydrogens (primary N) is 1. The Morgan fingerprint density at radius 1 is 0.623 bits per heavy atom. The number of hydrogen-bond donors (Lipinski definition) is 2. The number of fused-ring (bicyclic) bond motifs is 1. The fraction of sp³-hybridized carbons (Fsp3) is 0.415. The molecule has 6 rings (SSSR count). The molecule has 282 valence electrons. The largest absolute Gasteiger partial charge is 0.368 e. The summed E-state index contributed by atoms with van der Waals surface area (Å²) in [6.07, 6.45) is 8.38. The molecule has 0 spiro atoms. The summed E-state index contributed by atoms with van der Waals surface area (Å²) in [5, 5.41) is 3.74. The molecule has 2 atom stereocenters. The lowest BCUT2D eigenvalue weighted by molar-refractivity contribution is -0.126. The maximum absolute atomic E-state index is 14.6. The lowest BCUT2D eigenvalue weighted by Gasteiger charge is -2.35. The van der Waals surface area contributed by atoms with Crippen molar-refractivity contribution in [2.75, 3.05) is 13.1 Å². The molecule has 0 aromatic heterocycles. The highest BCUT2D eigenvalue weighted by atomic mass is 32.2. The molecule has 4 aromatic rings. The van der Waals surface area contributed by atoms with Crippen molar-refractivity contribution >= 4 is 42.6 Å². The first-order valence-corrected chi connectivity index (χ1v) is 21.7. The van der Waals surface area contributed by atoms with Gasteiger partial charge in [0, 0.05) is 29.9 Å². The van der Waals surface area contributed by atoms with E-state index in [4.69, 9.17) is 5.73 Å². The summed E-state index contributed by atoms with van der Waals surface area (Å²) >= 11 is 0. The second-order valence-corrected chi connectivity index (χ2v) is 17.9. The Hall–Kier alpha value is -4.10. The Morgan fingerprint density at radius 2 is 1.08 bits per heavy atom. The molecule has 0 radical (unpaired) electrons. The maximum atomic E-state index is 14.6. The number of amides is 2. The van der Waals surface area contributed by atoms with E-state index >= 15 is 0 Å². The Labute approximate surface area is 313 Å². The SMILES string of the molecule is NC(=O)C1CCCCN1S(=O)(=O)c1cccc2c(S(=O)(=O)N3CCCCC3C(=O)NC(CCCc3ccccc3)CCCc3ccccc3)cccc12. The molecule has 4 aromatic carbocycles. The minimum absolute atomic E-state index is 0.0564. The van der Waals surface area contributed by atoms with Gasteiger partial charge in [-0.1, -0.05) is 97.8 Å². The highest BCUT2D eigenvalue weighted by Crippen LogP contribution is 2.35. The van der Waals surface area contributed by atoms with Crippen LogP contribution in [0.3, 0.4) is 0 Å². The molecule has 0 aliphatic carbocycles. The van der Waals surface area contributed by atoms with E-state index in [0.29, 0.717) is 38.5 Å². The molecular formula is C41H50N4O6S2. The lowest BCUT2D eigenvalue weighted by atomic mass is 9.98. The minimum atomic E-state index is -4.25. The number of nitrogens with one attached hydrogen (secondary N) is 1.